The van der Waals surface area contributed by atoms with Crippen LogP contribution in [0.15, 0.2) is 0 Å². The minimum Gasteiger partial charge on any atom is -0.544 e. The number of nitrogens with zero attached hydrogens (tertiary/aromatic N) is 1. The summed E-state index contributed by atoms with van der Waals surface area (Å²) in [7, 11) is 5.40. The monoisotopic (exact) mass is 656 g/mol. The molecule has 0 aliphatic heterocycles. The Balaban J connectivity index is 4.41. The highest BCUT2D eigenvalue weighted by molar-refractivity contribution is 5.70. The molecule has 0 aromatic heterocycles. The maximum atomic E-state index is 12.6. The van der Waals surface area contributed by atoms with Gasteiger partial charge in [-0.25, -0.2) is 0 Å². The molecule has 8 nitrogen and oxygen atoms in total. The number of hydrogen-bond acceptors (Lipinski definition) is 7. The number of ether oxygens (including phenoxy) is 3. The highest BCUT2D eigenvalue weighted by Crippen LogP contribution is 2.14. The van der Waals surface area contributed by atoms with E-state index in [1.165, 1.54) is 103 Å². The van der Waals surface area contributed by atoms with E-state index in [9.17, 15) is 19.5 Å². The molecule has 2 atom stereocenters. The van der Waals surface area contributed by atoms with Crippen LogP contribution in [0.4, 0.5) is 0 Å². The van der Waals surface area contributed by atoms with Crippen molar-refractivity contribution in [2.45, 2.75) is 187 Å². The number of unbranched alkanes of at least 4 members (excludes halogenated alkanes) is 20. The minimum absolute atomic E-state index is 0.0482. The second kappa shape index (κ2) is 30.7. The van der Waals surface area contributed by atoms with Crippen LogP contribution in [0.2, 0.25) is 0 Å². The van der Waals surface area contributed by atoms with Crippen molar-refractivity contribution in [1.29, 1.82) is 0 Å². The number of quaternary nitrogens is 1. The van der Waals surface area contributed by atoms with E-state index >= 15 is 0 Å². The first-order valence-corrected chi connectivity index (χ1v) is 19.1. The average molecular weight is 656 g/mol. The number of carbonyl (C=O) groups excluding carboxylic acids is 3. The van der Waals surface area contributed by atoms with Crippen molar-refractivity contribution in [3.05, 3.63) is 0 Å². The van der Waals surface area contributed by atoms with E-state index in [1.807, 2.05) is 0 Å². The summed E-state index contributed by atoms with van der Waals surface area (Å²) in [6.45, 7) is 4.65. The third-order valence-electron chi connectivity index (χ3n) is 8.74. The zero-order valence-electron chi connectivity index (χ0n) is 30.8. The summed E-state index contributed by atoms with van der Waals surface area (Å²) in [5.41, 5.74) is 0. The van der Waals surface area contributed by atoms with Gasteiger partial charge in [-0.3, -0.25) is 9.59 Å². The first kappa shape index (κ1) is 44.3. The third-order valence-corrected chi connectivity index (χ3v) is 8.74. The molecule has 0 aromatic rings. The molecule has 0 aliphatic rings. The van der Waals surface area contributed by atoms with Gasteiger partial charge in [-0.05, 0) is 12.8 Å². The molecule has 2 unspecified atom stereocenters. The summed E-state index contributed by atoms with van der Waals surface area (Å²) in [6.07, 6.45) is 26.9. The van der Waals surface area contributed by atoms with E-state index in [2.05, 4.69) is 13.8 Å². The molecule has 0 rings (SSSR count). The molecule has 0 radical (unpaired) electrons. The molecular formula is C38H73NO7. The van der Waals surface area contributed by atoms with Crippen LogP contribution in [-0.2, 0) is 28.6 Å². The van der Waals surface area contributed by atoms with Crippen LogP contribution in [0.5, 0.6) is 0 Å². The van der Waals surface area contributed by atoms with Gasteiger partial charge in [0.05, 0.1) is 40.3 Å². The van der Waals surface area contributed by atoms with Gasteiger partial charge in [-0.2, -0.15) is 0 Å². The molecule has 0 bridgehead atoms. The lowest BCUT2D eigenvalue weighted by atomic mass is 10.1. The van der Waals surface area contributed by atoms with Crippen molar-refractivity contribution < 1.29 is 38.2 Å². The van der Waals surface area contributed by atoms with Gasteiger partial charge in [0.2, 0.25) is 0 Å². The van der Waals surface area contributed by atoms with Gasteiger partial charge in [0, 0.05) is 19.3 Å². The van der Waals surface area contributed by atoms with E-state index in [0.29, 0.717) is 12.8 Å². The van der Waals surface area contributed by atoms with Crippen LogP contribution in [-0.4, -0.2) is 75.5 Å². The van der Waals surface area contributed by atoms with Crippen LogP contribution in [0.1, 0.15) is 174 Å². The Morgan fingerprint density at radius 2 is 0.957 bits per heavy atom. The van der Waals surface area contributed by atoms with E-state index < -0.39 is 18.1 Å². The average Bonchev–Trinajstić information content (AvgIpc) is 3.00. The predicted octanol–water partition coefficient (Wildman–Crippen LogP) is 8.08. The van der Waals surface area contributed by atoms with Crippen molar-refractivity contribution in [3.63, 3.8) is 0 Å². The van der Waals surface area contributed by atoms with Crippen LogP contribution in [0.25, 0.3) is 0 Å². The Morgan fingerprint density at radius 3 is 1.35 bits per heavy atom. The summed E-state index contributed by atoms with van der Waals surface area (Å²) in [6, 6.07) is -0.717. The number of carbonyl (C=O) groups is 3. The maximum Gasteiger partial charge on any atom is 0.306 e. The number of rotatable bonds is 34. The molecule has 0 amide bonds. The van der Waals surface area contributed by atoms with Crippen LogP contribution in [0, 0.1) is 0 Å². The second-order valence-corrected chi connectivity index (χ2v) is 14.2. The van der Waals surface area contributed by atoms with Gasteiger partial charge in [0.1, 0.15) is 12.6 Å². The predicted molar refractivity (Wildman–Crippen MR) is 185 cm³/mol. The van der Waals surface area contributed by atoms with E-state index in [0.717, 1.165) is 38.5 Å². The fourth-order valence-electron chi connectivity index (χ4n) is 5.72. The van der Waals surface area contributed by atoms with Crippen molar-refractivity contribution >= 4 is 17.9 Å². The Labute approximate surface area is 283 Å². The standard InChI is InChI=1S/C38H73NO7/c1-6-8-10-12-14-16-18-20-22-24-26-28-36(40)45-33-34(32-44-31-30-35(38(42)43)39(3,4)5)46-37(41)29-27-25-23-21-19-17-15-13-11-9-7-2/h34-35H,6-33H2,1-5H3. The zero-order valence-corrected chi connectivity index (χ0v) is 30.8. The quantitative estimate of drug-likeness (QED) is 0.0392. The first-order chi connectivity index (χ1) is 22.1. The second-order valence-electron chi connectivity index (χ2n) is 14.2. The largest absolute Gasteiger partial charge is 0.544 e. The zero-order chi connectivity index (χ0) is 34.3. The van der Waals surface area contributed by atoms with Gasteiger partial charge in [0.15, 0.2) is 6.10 Å². The number of hydrogen-bond donors (Lipinski definition) is 0. The van der Waals surface area contributed by atoms with Crippen molar-refractivity contribution in [2.75, 3.05) is 41.0 Å². The van der Waals surface area contributed by atoms with Crippen LogP contribution < -0.4 is 5.11 Å². The molecule has 0 aliphatic carbocycles. The fraction of sp³-hybridized carbons (Fsp3) is 0.921. The normalized spacial score (nSPS) is 13.0. The Bertz CT molecular complexity index is 737. The topological polar surface area (TPSA) is 102 Å². The molecule has 0 spiro atoms. The summed E-state index contributed by atoms with van der Waals surface area (Å²) in [5, 5.41) is 11.6. The lowest BCUT2D eigenvalue weighted by Gasteiger charge is -2.34. The highest BCUT2D eigenvalue weighted by Gasteiger charge is 2.25. The molecular weight excluding hydrogens is 582 g/mol. The third kappa shape index (κ3) is 28.5. The lowest BCUT2D eigenvalue weighted by molar-refractivity contribution is -0.889. The van der Waals surface area contributed by atoms with Gasteiger partial charge in [-0.1, -0.05) is 142 Å². The Morgan fingerprint density at radius 1 is 0.565 bits per heavy atom. The van der Waals surface area contributed by atoms with Gasteiger partial charge in [0.25, 0.3) is 0 Å². The molecule has 8 heteroatoms. The molecule has 0 saturated heterocycles. The number of aliphatic carboxylic acids is 1. The summed E-state index contributed by atoms with van der Waals surface area (Å²) < 4.78 is 17.1. The van der Waals surface area contributed by atoms with Gasteiger partial charge >= 0.3 is 11.9 Å². The van der Waals surface area contributed by atoms with Crippen molar-refractivity contribution in [1.82, 2.24) is 0 Å². The minimum atomic E-state index is -1.12. The summed E-state index contributed by atoms with van der Waals surface area (Å²) in [4.78, 5) is 36.6. The molecule has 46 heavy (non-hydrogen) atoms. The van der Waals surface area contributed by atoms with Crippen molar-refractivity contribution in [2.24, 2.45) is 0 Å². The van der Waals surface area contributed by atoms with E-state index in [-0.39, 0.29) is 42.7 Å². The maximum absolute atomic E-state index is 12.6. The van der Waals surface area contributed by atoms with Crippen LogP contribution >= 0.6 is 0 Å². The van der Waals surface area contributed by atoms with E-state index in [1.54, 1.807) is 21.1 Å². The van der Waals surface area contributed by atoms with Crippen LogP contribution in [0.3, 0.4) is 0 Å². The van der Waals surface area contributed by atoms with E-state index in [4.69, 9.17) is 14.2 Å². The molecule has 0 N–H and O–H groups in total. The lowest BCUT2D eigenvalue weighted by Crippen LogP contribution is -2.55. The number of carboxylic acids is 1. The smallest absolute Gasteiger partial charge is 0.306 e. The Kier molecular flexibility index (Phi) is 29.5. The molecule has 0 fully saturated rings. The summed E-state index contributed by atoms with van der Waals surface area (Å²) in [5.74, 6) is -1.73. The fourth-order valence-corrected chi connectivity index (χ4v) is 5.72. The van der Waals surface area contributed by atoms with Crippen molar-refractivity contribution in [3.8, 4) is 0 Å². The molecule has 0 saturated carbocycles. The van der Waals surface area contributed by atoms with Gasteiger partial charge < -0.3 is 28.6 Å². The number of likely N-dealkylation sites (N-methyl/N-ethyl adjacent to an activating group) is 1. The molecule has 0 aromatic carbocycles. The Hall–Kier alpha value is -1.67. The number of carboxylic acid groups (broad SMARTS) is 1. The summed E-state index contributed by atoms with van der Waals surface area (Å²) >= 11 is 0. The highest BCUT2D eigenvalue weighted by atomic mass is 16.6. The molecule has 272 valence electrons. The molecule has 0 heterocycles. The number of esters is 2. The SMILES string of the molecule is CCCCCCCCCCCCCC(=O)OCC(COCCC(C(=O)[O-])[N+](C)(C)C)OC(=O)CCCCCCCCCCCCC. The van der Waals surface area contributed by atoms with Gasteiger partial charge in [-0.15, -0.1) is 0 Å². The first-order valence-electron chi connectivity index (χ1n) is 19.1.